The first-order valence-corrected chi connectivity index (χ1v) is 9.28. The van der Waals surface area contributed by atoms with Crippen LogP contribution in [0.2, 0.25) is 0 Å². The molecule has 26 heavy (non-hydrogen) atoms. The molecule has 0 amide bonds. The van der Waals surface area contributed by atoms with Crippen LogP contribution in [0, 0.1) is 0 Å². The van der Waals surface area contributed by atoms with E-state index >= 15 is 0 Å². The van der Waals surface area contributed by atoms with Gasteiger partial charge in [-0.3, -0.25) is 4.98 Å². The molecule has 0 N–H and O–H groups in total. The smallest absolute Gasteiger partial charge is 0.428 e. The van der Waals surface area contributed by atoms with E-state index in [0.29, 0.717) is 16.7 Å². The molecule has 0 bridgehead atoms. The van der Waals surface area contributed by atoms with Gasteiger partial charge in [-0.2, -0.15) is 21.6 Å². The van der Waals surface area contributed by atoms with Crippen LogP contribution in [0.15, 0.2) is 54.7 Å². The summed E-state index contributed by atoms with van der Waals surface area (Å²) in [7, 11) is -5.72. The first-order chi connectivity index (χ1) is 12.2. The maximum atomic E-state index is 12.4. The number of nitrogens with zero attached hydrogens (tertiary/aromatic N) is 1. The van der Waals surface area contributed by atoms with Crippen molar-refractivity contribution in [2.24, 2.45) is 0 Å². The highest BCUT2D eigenvalue weighted by Crippen LogP contribution is 2.30. The lowest BCUT2D eigenvalue weighted by Crippen LogP contribution is -2.28. The third-order valence-electron chi connectivity index (χ3n) is 3.42. The summed E-state index contributed by atoms with van der Waals surface area (Å²) in [4.78, 5) is 4.16. The Morgan fingerprint density at radius 2 is 1.58 bits per heavy atom. The van der Waals surface area contributed by atoms with Crippen molar-refractivity contribution in [2.75, 3.05) is 0 Å². The molecule has 0 saturated heterocycles. The van der Waals surface area contributed by atoms with E-state index in [0.717, 1.165) is 23.3 Å². The SMILES string of the molecule is O=S(=O)(Oc1ccc2cc(-c3ccc(OI)cc3)cnc2c1)C(F)(F)F. The van der Waals surface area contributed by atoms with E-state index in [4.69, 9.17) is 3.07 Å². The lowest BCUT2D eigenvalue weighted by Gasteiger charge is -2.10. The molecule has 0 saturated carbocycles. The summed E-state index contributed by atoms with van der Waals surface area (Å²) >= 11 is 1.77. The van der Waals surface area contributed by atoms with E-state index in [9.17, 15) is 21.6 Å². The second-order valence-electron chi connectivity index (χ2n) is 5.16. The molecule has 5 nitrogen and oxygen atoms in total. The van der Waals surface area contributed by atoms with Crippen molar-refractivity contribution in [3.05, 3.63) is 54.7 Å². The number of halogens is 4. The molecular formula is C16H9F3INO4S. The Bertz CT molecular complexity index is 1050. The number of fused-ring (bicyclic) bond motifs is 1. The van der Waals surface area contributed by atoms with Gasteiger partial charge < -0.3 is 7.25 Å². The average Bonchev–Trinajstić information content (AvgIpc) is 2.60. The molecule has 3 rings (SSSR count). The van der Waals surface area contributed by atoms with Crippen LogP contribution < -0.4 is 7.25 Å². The van der Waals surface area contributed by atoms with Crippen molar-refractivity contribution in [2.45, 2.75) is 5.51 Å². The number of aromatic nitrogens is 1. The summed E-state index contributed by atoms with van der Waals surface area (Å²) in [6, 6.07) is 12.7. The molecule has 1 aromatic heterocycles. The molecular weight excluding hydrogens is 486 g/mol. The van der Waals surface area contributed by atoms with Gasteiger partial charge in [0.05, 0.1) is 5.52 Å². The van der Waals surface area contributed by atoms with Gasteiger partial charge >= 0.3 is 15.6 Å². The van der Waals surface area contributed by atoms with E-state index in [-0.39, 0.29) is 0 Å². The summed E-state index contributed by atoms with van der Waals surface area (Å²) in [6.45, 7) is 0. The Labute approximate surface area is 160 Å². The summed E-state index contributed by atoms with van der Waals surface area (Å²) in [5, 5.41) is 0.619. The normalized spacial score (nSPS) is 12.2. The molecule has 136 valence electrons. The Hall–Kier alpha value is -2.08. The topological polar surface area (TPSA) is 65.5 Å². The molecule has 0 aliphatic heterocycles. The van der Waals surface area contributed by atoms with Crippen molar-refractivity contribution >= 4 is 44.0 Å². The average molecular weight is 495 g/mol. The van der Waals surface area contributed by atoms with E-state index in [1.54, 1.807) is 41.2 Å². The van der Waals surface area contributed by atoms with Gasteiger partial charge in [0, 0.05) is 23.2 Å². The highest BCUT2D eigenvalue weighted by Gasteiger charge is 2.48. The predicted molar refractivity (Wildman–Crippen MR) is 97.4 cm³/mol. The molecule has 0 fully saturated rings. The number of pyridine rings is 1. The Morgan fingerprint density at radius 1 is 0.923 bits per heavy atom. The minimum atomic E-state index is -5.72. The van der Waals surface area contributed by atoms with E-state index < -0.39 is 21.4 Å². The van der Waals surface area contributed by atoms with Crippen LogP contribution in [-0.2, 0) is 10.1 Å². The highest BCUT2D eigenvalue weighted by atomic mass is 127. The van der Waals surface area contributed by atoms with Crippen molar-refractivity contribution < 1.29 is 28.8 Å². The molecule has 3 aromatic rings. The zero-order valence-electron chi connectivity index (χ0n) is 12.7. The summed E-state index contributed by atoms with van der Waals surface area (Å²) < 4.78 is 68.5. The van der Waals surface area contributed by atoms with Crippen LogP contribution in [0.25, 0.3) is 22.0 Å². The number of alkyl halides is 3. The number of hydrogen-bond acceptors (Lipinski definition) is 5. The van der Waals surface area contributed by atoms with Crippen molar-refractivity contribution in [3.63, 3.8) is 0 Å². The Morgan fingerprint density at radius 3 is 2.19 bits per heavy atom. The van der Waals surface area contributed by atoms with E-state index in [1.165, 1.54) is 12.3 Å². The molecule has 0 spiro atoms. The van der Waals surface area contributed by atoms with Crippen molar-refractivity contribution in [3.8, 4) is 22.6 Å². The second kappa shape index (κ2) is 6.91. The predicted octanol–water partition coefficient (Wildman–Crippen LogP) is 4.86. The van der Waals surface area contributed by atoms with Crippen molar-refractivity contribution in [1.82, 2.24) is 4.98 Å². The fraction of sp³-hybridized carbons (Fsp3) is 0.0625. The lowest BCUT2D eigenvalue weighted by atomic mass is 10.1. The van der Waals surface area contributed by atoms with Crippen LogP contribution >= 0.6 is 23.0 Å². The Kier molecular flexibility index (Phi) is 4.97. The Balaban J connectivity index is 1.93. The monoisotopic (exact) mass is 495 g/mol. The summed E-state index contributed by atoms with van der Waals surface area (Å²) in [5.41, 5.74) is -3.53. The van der Waals surface area contributed by atoms with Gasteiger partial charge in [-0.05, 0) is 35.9 Å². The van der Waals surface area contributed by atoms with Gasteiger partial charge in [-0.15, -0.1) is 0 Å². The fourth-order valence-electron chi connectivity index (χ4n) is 2.18. The number of rotatable bonds is 4. The lowest BCUT2D eigenvalue weighted by molar-refractivity contribution is -0.0500. The third-order valence-corrected chi connectivity index (χ3v) is 4.91. The largest absolute Gasteiger partial charge is 0.534 e. The second-order valence-corrected chi connectivity index (χ2v) is 7.14. The molecule has 0 radical (unpaired) electrons. The van der Waals surface area contributed by atoms with E-state index in [2.05, 4.69) is 9.17 Å². The first kappa shape index (κ1) is 18.7. The molecule has 0 aliphatic carbocycles. The van der Waals surface area contributed by atoms with E-state index in [1.807, 2.05) is 12.1 Å². The molecule has 0 unspecified atom stereocenters. The molecule has 1 heterocycles. The maximum Gasteiger partial charge on any atom is 0.534 e. The zero-order valence-corrected chi connectivity index (χ0v) is 15.7. The van der Waals surface area contributed by atoms with Gasteiger partial charge in [-0.1, -0.05) is 12.1 Å². The summed E-state index contributed by atoms with van der Waals surface area (Å²) in [6.07, 6.45) is 1.53. The minimum Gasteiger partial charge on any atom is -0.428 e. The van der Waals surface area contributed by atoms with Crippen LogP contribution in [-0.4, -0.2) is 18.9 Å². The fourth-order valence-corrected chi connectivity index (χ4v) is 2.93. The minimum absolute atomic E-state index is 0.302. The van der Waals surface area contributed by atoms with Crippen LogP contribution in [0.4, 0.5) is 13.2 Å². The van der Waals surface area contributed by atoms with Gasteiger partial charge in [0.15, 0.2) is 23.0 Å². The molecule has 2 aromatic carbocycles. The third kappa shape index (κ3) is 3.85. The van der Waals surface area contributed by atoms with Gasteiger partial charge in [0.1, 0.15) is 11.5 Å². The van der Waals surface area contributed by atoms with Crippen LogP contribution in [0.3, 0.4) is 0 Å². The van der Waals surface area contributed by atoms with Gasteiger partial charge in [0.25, 0.3) is 0 Å². The molecule has 0 aliphatic rings. The van der Waals surface area contributed by atoms with Crippen LogP contribution in [0.5, 0.6) is 11.5 Å². The zero-order chi connectivity index (χ0) is 18.9. The summed E-state index contributed by atoms with van der Waals surface area (Å²) in [5.74, 6) is 0.231. The highest BCUT2D eigenvalue weighted by molar-refractivity contribution is 14.1. The van der Waals surface area contributed by atoms with Gasteiger partial charge in [0.2, 0.25) is 0 Å². The molecule has 0 atom stereocenters. The van der Waals surface area contributed by atoms with Crippen LogP contribution in [0.1, 0.15) is 0 Å². The maximum absolute atomic E-state index is 12.4. The quantitative estimate of drug-likeness (QED) is 0.294. The molecule has 10 heteroatoms. The van der Waals surface area contributed by atoms with Crippen molar-refractivity contribution in [1.29, 1.82) is 0 Å². The number of benzene rings is 2. The first-order valence-electron chi connectivity index (χ1n) is 6.99. The number of hydrogen-bond donors (Lipinski definition) is 0. The van der Waals surface area contributed by atoms with Gasteiger partial charge in [-0.25, -0.2) is 0 Å². The standard InChI is InChI=1S/C16H9F3INO4S/c17-16(18,19)26(22,23)25-14-6-3-11-7-12(9-21-15(11)8-14)10-1-4-13(24-20)5-2-10/h1-9H.